The predicted octanol–water partition coefficient (Wildman–Crippen LogP) is 1.57. The van der Waals surface area contributed by atoms with Crippen molar-refractivity contribution < 1.29 is 18.0 Å². The highest BCUT2D eigenvalue weighted by Crippen LogP contribution is 2.31. The van der Waals surface area contributed by atoms with Crippen molar-refractivity contribution in [3.8, 4) is 0 Å². The van der Waals surface area contributed by atoms with Gasteiger partial charge in [-0.2, -0.15) is 0 Å². The van der Waals surface area contributed by atoms with Gasteiger partial charge in [-0.05, 0) is 18.2 Å². The van der Waals surface area contributed by atoms with Crippen molar-refractivity contribution in [3.63, 3.8) is 0 Å². The summed E-state index contributed by atoms with van der Waals surface area (Å²) in [4.78, 5) is 23.9. The lowest BCUT2D eigenvalue weighted by Gasteiger charge is -2.16. The van der Waals surface area contributed by atoms with Crippen LogP contribution in [0.5, 0.6) is 0 Å². The van der Waals surface area contributed by atoms with Crippen molar-refractivity contribution in [2.24, 2.45) is 5.92 Å². The first-order valence-corrected chi connectivity index (χ1v) is 8.52. The zero-order valence-corrected chi connectivity index (χ0v) is 13.4. The second kappa shape index (κ2) is 6.10. The highest BCUT2D eigenvalue weighted by atomic mass is 35.5. The predicted molar refractivity (Wildman–Crippen MR) is 84.4 cm³/mol. The van der Waals surface area contributed by atoms with Crippen LogP contribution in [-0.2, 0) is 14.8 Å². The van der Waals surface area contributed by atoms with E-state index in [2.05, 4.69) is 11.9 Å². The number of carbonyl (C=O) groups is 2. The molecule has 8 heteroatoms. The van der Waals surface area contributed by atoms with E-state index in [0.717, 1.165) is 4.31 Å². The monoisotopic (exact) mass is 342 g/mol. The van der Waals surface area contributed by atoms with Crippen molar-refractivity contribution in [2.75, 3.05) is 16.6 Å². The van der Waals surface area contributed by atoms with E-state index in [1.165, 1.54) is 24.3 Å². The minimum Gasteiger partial charge on any atom is -0.349 e. The Morgan fingerprint density at radius 3 is 2.73 bits per heavy atom. The van der Waals surface area contributed by atoms with Crippen LogP contribution in [0.2, 0.25) is 5.02 Å². The molecular formula is C14H15ClN2O4S. The molecule has 0 saturated carbocycles. The summed E-state index contributed by atoms with van der Waals surface area (Å²) in [5.41, 5.74) is 0.337. The third kappa shape index (κ3) is 3.00. The van der Waals surface area contributed by atoms with Crippen LogP contribution in [0.4, 0.5) is 5.69 Å². The Labute approximate surface area is 133 Å². The van der Waals surface area contributed by atoms with E-state index in [1.807, 2.05) is 0 Å². The number of anilines is 1. The van der Waals surface area contributed by atoms with Gasteiger partial charge < -0.3 is 5.32 Å². The molecule has 2 amide bonds. The molecule has 0 spiro atoms. The van der Waals surface area contributed by atoms with E-state index in [9.17, 15) is 18.0 Å². The van der Waals surface area contributed by atoms with E-state index in [-0.39, 0.29) is 28.6 Å². The zero-order chi connectivity index (χ0) is 16.5. The minimum atomic E-state index is -3.69. The second-order valence-electron chi connectivity index (χ2n) is 4.95. The molecule has 1 aromatic rings. The van der Waals surface area contributed by atoms with Crippen LogP contribution in [0.15, 0.2) is 30.9 Å². The fourth-order valence-electron chi connectivity index (χ4n) is 2.16. The average molecular weight is 343 g/mol. The number of hydrogen-bond acceptors (Lipinski definition) is 4. The van der Waals surface area contributed by atoms with Crippen molar-refractivity contribution in [1.29, 1.82) is 0 Å². The summed E-state index contributed by atoms with van der Waals surface area (Å²) in [5.74, 6) is -1.73. The molecule has 0 radical (unpaired) electrons. The lowest BCUT2D eigenvalue weighted by atomic mass is 10.1. The number of carbonyl (C=O) groups excluding carboxylic acids is 2. The summed E-state index contributed by atoms with van der Waals surface area (Å²) in [6.45, 7) is 5.33. The molecule has 1 aromatic carbocycles. The third-order valence-corrected chi connectivity index (χ3v) is 5.38. The van der Waals surface area contributed by atoms with Crippen LogP contribution in [0.1, 0.15) is 17.3 Å². The summed E-state index contributed by atoms with van der Waals surface area (Å²) < 4.78 is 24.8. The number of nitrogens with one attached hydrogen (secondary N) is 1. The Bertz CT molecular complexity index is 745. The van der Waals surface area contributed by atoms with Crippen molar-refractivity contribution in [2.45, 2.75) is 6.92 Å². The van der Waals surface area contributed by atoms with Gasteiger partial charge in [-0.3, -0.25) is 9.59 Å². The Hall–Kier alpha value is -1.86. The lowest BCUT2D eigenvalue weighted by molar-refractivity contribution is -0.119. The number of amides is 2. The smallest absolute Gasteiger partial charge is 0.253 e. The maximum absolute atomic E-state index is 12.0. The standard InChI is InChI=1S/C14H15ClN2O4S/c1-3-6-16-13(18)11-5-4-10(7-12(11)15)17-14(19)9(2)8-22(17,20)21/h3-5,7,9H,1,6,8H2,2H3,(H,16,18). The Morgan fingerprint density at radius 2 is 2.23 bits per heavy atom. The first-order valence-electron chi connectivity index (χ1n) is 6.53. The molecule has 118 valence electrons. The normalized spacial score (nSPS) is 20.0. The van der Waals surface area contributed by atoms with E-state index in [1.54, 1.807) is 6.92 Å². The Morgan fingerprint density at radius 1 is 1.55 bits per heavy atom. The van der Waals surface area contributed by atoms with Crippen LogP contribution in [-0.4, -0.2) is 32.5 Å². The van der Waals surface area contributed by atoms with Gasteiger partial charge in [-0.15, -0.1) is 6.58 Å². The van der Waals surface area contributed by atoms with Gasteiger partial charge in [0.25, 0.3) is 5.91 Å². The van der Waals surface area contributed by atoms with Gasteiger partial charge in [0, 0.05) is 6.54 Å². The number of nitrogens with zero attached hydrogens (tertiary/aromatic N) is 1. The summed E-state index contributed by atoms with van der Waals surface area (Å²) in [7, 11) is -3.69. The van der Waals surface area contributed by atoms with Gasteiger partial charge >= 0.3 is 0 Å². The molecule has 1 fully saturated rings. The number of rotatable bonds is 4. The van der Waals surface area contributed by atoms with Crippen molar-refractivity contribution >= 4 is 39.1 Å². The quantitative estimate of drug-likeness (QED) is 0.842. The fourth-order valence-corrected chi connectivity index (χ4v) is 4.23. The number of benzene rings is 1. The van der Waals surface area contributed by atoms with Crippen LogP contribution >= 0.6 is 11.6 Å². The maximum Gasteiger partial charge on any atom is 0.253 e. The molecule has 1 heterocycles. The molecule has 2 rings (SSSR count). The summed E-state index contributed by atoms with van der Waals surface area (Å²) >= 11 is 6.04. The Kier molecular flexibility index (Phi) is 4.58. The van der Waals surface area contributed by atoms with Gasteiger partial charge in [0.05, 0.1) is 27.9 Å². The summed E-state index contributed by atoms with van der Waals surface area (Å²) in [6.07, 6.45) is 1.52. The molecule has 1 atom stereocenters. The average Bonchev–Trinajstić information content (AvgIpc) is 2.64. The molecular weight excluding hydrogens is 328 g/mol. The minimum absolute atomic E-state index is 0.0709. The van der Waals surface area contributed by atoms with E-state index >= 15 is 0 Å². The molecule has 1 unspecified atom stereocenters. The van der Waals surface area contributed by atoms with Crippen LogP contribution in [0, 0.1) is 5.92 Å². The molecule has 0 bridgehead atoms. The topological polar surface area (TPSA) is 83.6 Å². The van der Waals surface area contributed by atoms with Crippen LogP contribution in [0.25, 0.3) is 0 Å². The molecule has 1 aliphatic rings. The summed E-state index contributed by atoms with van der Waals surface area (Å²) in [6, 6.07) is 4.09. The SMILES string of the molecule is C=CCNC(=O)c1ccc(N2C(=O)C(C)CS2(=O)=O)cc1Cl. The molecule has 1 aliphatic heterocycles. The first-order chi connectivity index (χ1) is 10.3. The molecule has 22 heavy (non-hydrogen) atoms. The zero-order valence-electron chi connectivity index (χ0n) is 11.9. The van der Waals surface area contributed by atoms with Crippen molar-refractivity contribution in [1.82, 2.24) is 5.32 Å². The lowest BCUT2D eigenvalue weighted by Crippen LogP contribution is -2.30. The second-order valence-corrected chi connectivity index (χ2v) is 7.21. The fraction of sp³-hybridized carbons (Fsp3) is 0.286. The number of halogens is 1. The van der Waals surface area contributed by atoms with E-state index in [4.69, 9.17) is 11.6 Å². The molecule has 1 saturated heterocycles. The van der Waals surface area contributed by atoms with Crippen LogP contribution < -0.4 is 9.62 Å². The largest absolute Gasteiger partial charge is 0.349 e. The summed E-state index contributed by atoms with van der Waals surface area (Å²) in [5, 5.41) is 2.64. The molecule has 0 aliphatic carbocycles. The number of sulfonamides is 1. The molecule has 6 nitrogen and oxygen atoms in total. The van der Waals surface area contributed by atoms with Gasteiger partial charge in [-0.1, -0.05) is 24.6 Å². The highest BCUT2D eigenvalue weighted by Gasteiger charge is 2.42. The highest BCUT2D eigenvalue weighted by molar-refractivity contribution is 7.94. The van der Waals surface area contributed by atoms with Crippen molar-refractivity contribution in [3.05, 3.63) is 41.4 Å². The van der Waals surface area contributed by atoms with Gasteiger partial charge in [0.1, 0.15) is 0 Å². The maximum atomic E-state index is 12.0. The third-order valence-electron chi connectivity index (χ3n) is 3.20. The van der Waals surface area contributed by atoms with Gasteiger partial charge in [-0.25, -0.2) is 12.7 Å². The van der Waals surface area contributed by atoms with E-state index < -0.39 is 27.8 Å². The van der Waals surface area contributed by atoms with Crippen LogP contribution in [0.3, 0.4) is 0 Å². The molecule has 0 aromatic heterocycles. The first kappa shape index (κ1) is 16.5. The van der Waals surface area contributed by atoms with E-state index in [0.29, 0.717) is 0 Å². The number of hydrogen-bond donors (Lipinski definition) is 1. The van der Waals surface area contributed by atoms with Gasteiger partial charge in [0.15, 0.2) is 0 Å². The Balaban J connectivity index is 2.36. The molecule has 1 N–H and O–H groups in total. The van der Waals surface area contributed by atoms with Gasteiger partial charge in [0.2, 0.25) is 15.9 Å².